The van der Waals surface area contributed by atoms with E-state index in [-0.39, 0.29) is 23.8 Å². The normalized spacial score (nSPS) is 10.7. The van der Waals surface area contributed by atoms with Crippen molar-refractivity contribution in [1.29, 1.82) is 0 Å². The van der Waals surface area contributed by atoms with E-state index in [4.69, 9.17) is 0 Å². The zero-order chi connectivity index (χ0) is 16.9. The summed E-state index contributed by atoms with van der Waals surface area (Å²) in [7, 11) is 0. The summed E-state index contributed by atoms with van der Waals surface area (Å²) < 4.78 is 14.3. The van der Waals surface area contributed by atoms with Gasteiger partial charge in [0.15, 0.2) is 0 Å². The zero-order valence-electron chi connectivity index (χ0n) is 13.0. The number of hydrogen-bond acceptors (Lipinski definition) is 2. The van der Waals surface area contributed by atoms with E-state index in [2.05, 4.69) is 5.32 Å². The molecule has 3 rings (SSSR count). The first kappa shape index (κ1) is 15.9. The zero-order valence-corrected chi connectivity index (χ0v) is 13.0. The van der Waals surface area contributed by atoms with Crippen LogP contribution in [0.3, 0.4) is 0 Å². The van der Waals surface area contributed by atoms with E-state index in [1.807, 2.05) is 24.3 Å². The third kappa shape index (κ3) is 3.68. The SMILES string of the molecule is O=C(Cn1c(=O)ccc2ccccc21)NCCc1ccc(F)cc1. The molecular formula is C19H17FN2O2. The first-order chi connectivity index (χ1) is 11.6. The minimum absolute atomic E-state index is 0.0242. The Hall–Kier alpha value is -2.95. The number of carbonyl (C=O) groups excluding carboxylic acids is 1. The van der Waals surface area contributed by atoms with E-state index in [0.717, 1.165) is 16.5 Å². The molecule has 1 amide bonds. The van der Waals surface area contributed by atoms with Gasteiger partial charge in [-0.1, -0.05) is 30.3 Å². The minimum Gasteiger partial charge on any atom is -0.354 e. The van der Waals surface area contributed by atoms with Gasteiger partial charge < -0.3 is 5.32 Å². The Morgan fingerprint density at radius 1 is 1.00 bits per heavy atom. The van der Waals surface area contributed by atoms with Gasteiger partial charge in [0.1, 0.15) is 12.4 Å². The lowest BCUT2D eigenvalue weighted by Gasteiger charge is -2.10. The molecule has 5 heteroatoms. The molecule has 0 aliphatic carbocycles. The molecule has 122 valence electrons. The monoisotopic (exact) mass is 324 g/mol. The van der Waals surface area contributed by atoms with Gasteiger partial charge in [-0.2, -0.15) is 0 Å². The largest absolute Gasteiger partial charge is 0.354 e. The van der Waals surface area contributed by atoms with Crippen LogP contribution >= 0.6 is 0 Å². The molecule has 0 bridgehead atoms. The first-order valence-corrected chi connectivity index (χ1v) is 7.73. The molecule has 2 aromatic carbocycles. The summed E-state index contributed by atoms with van der Waals surface area (Å²) in [5.41, 5.74) is 1.47. The van der Waals surface area contributed by atoms with Gasteiger partial charge in [-0.05, 0) is 41.6 Å². The van der Waals surface area contributed by atoms with Crippen molar-refractivity contribution in [3.05, 3.63) is 82.4 Å². The first-order valence-electron chi connectivity index (χ1n) is 7.73. The molecule has 1 N–H and O–H groups in total. The number of amides is 1. The molecule has 0 saturated heterocycles. The Morgan fingerprint density at radius 3 is 2.54 bits per heavy atom. The fourth-order valence-corrected chi connectivity index (χ4v) is 2.60. The number of carbonyl (C=O) groups is 1. The average molecular weight is 324 g/mol. The van der Waals surface area contributed by atoms with E-state index < -0.39 is 0 Å². The van der Waals surface area contributed by atoms with Gasteiger partial charge in [-0.25, -0.2) is 4.39 Å². The Labute approximate surface area is 138 Å². The van der Waals surface area contributed by atoms with Gasteiger partial charge in [-0.15, -0.1) is 0 Å². The number of benzene rings is 2. The number of fused-ring (bicyclic) bond motifs is 1. The second kappa shape index (κ2) is 7.08. The third-order valence-electron chi connectivity index (χ3n) is 3.85. The molecule has 0 radical (unpaired) electrons. The maximum Gasteiger partial charge on any atom is 0.251 e. The fraction of sp³-hybridized carbons (Fsp3) is 0.158. The summed E-state index contributed by atoms with van der Waals surface area (Å²) in [5.74, 6) is -0.506. The van der Waals surface area contributed by atoms with Crippen molar-refractivity contribution in [3.8, 4) is 0 Å². The van der Waals surface area contributed by atoms with E-state index in [1.165, 1.54) is 22.8 Å². The number of halogens is 1. The second-order valence-electron chi connectivity index (χ2n) is 5.54. The van der Waals surface area contributed by atoms with Crippen molar-refractivity contribution in [2.24, 2.45) is 0 Å². The number of aromatic nitrogens is 1. The molecular weight excluding hydrogens is 307 g/mol. The predicted octanol–water partition coefficient (Wildman–Crippen LogP) is 2.50. The number of nitrogens with zero attached hydrogens (tertiary/aromatic N) is 1. The van der Waals surface area contributed by atoms with Crippen LogP contribution in [0, 0.1) is 5.82 Å². The van der Waals surface area contributed by atoms with Gasteiger partial charge in [0.25, 0.3) is 5.56 Å². The van der Waals surface area contributed by atoms with E-state index in [0.29, 0.717) is 13.0 Å². The highest BCUT2D eigenvalue weighted by Gasteiger charge is 2.07. The van der Waals surface area contributed by atoms with Crippen LogP contribution in [0.4, 0.5) is 4.39 Å². The lowest BCUT2D eigenvalue weighted by Crippen LogP contribution is -2.33. The standard InChI is InChI=1S/C19H17FN2O2/c20-16-8-5-14(6-9-16)11-12-21-18(23)13-22-17-4-2-1-3-15(17)7-10-19(22)24/h1-10H,11-13H2,(H,21,23). The van der Waals surface area contributed by atoms with Crippen molar-refractivity contribution in [2.75, 3.05) is 6.54 Å². The van der Waals surface area contributed by atoms with Crippen molar-refractivity contribution in [3.63, 3.8) is 0 Å². The summed E-state index contributed by atoms with van der Waals surface area (Å²) in [6, 6.07) is 16.8. The molecule has 0 fully saturated rings. The number of pyridine rings is 1. The van der Waals surface area contributed by atoms with Crippen LogP contribution in [0.1, 0.15) is 5.56 Å². The number of hydrogen-bond donors (Lipinski definition) is 1. The molecule has 24 heavy (non-hydrogen) atoms. The highest BCUT2D eigenvalue weighted by atomic mass is 19.1. The Kier molecular flexibility index (Phi) is 4.70. The van der Waals surface area contributed by atoms with Gasteiger partial charge in [0, 0.05) is 12.6 Å². The summed E-state index contributed by atoms with van der Waals surface area (Å²) in [6.45, 7) is 0.410. The van der Waals surface area contributed by atoms with Crippen LogP contribution < -0.4 is 10.9 Å². The molecule has 4 nitrogen and oxygen atoms in total. The highest BCUT2D eigenvalue weighted by molar-refractivity contribution is 5.82. The van der Waals surface area contributed by atoms with E-state index in [9.17, 15) is 14.0 Å². The van der Waals surface area contributed by atoms with Crippen LogP contribution in [0.25, 0.3) is 10.9 Å². The highest BCUT2D eigenvalue weighted by Crippen LogP contribution is 2.10. The van der Waals surface area contributed by atoms with Crippen molar-refractivity contribution in [2.45, 2.75) is 13.0 Å². The fourth-order valence-electron chi connectivity index (χ4n) is 2.60. The quantitative estimate of drug-likeness (QED) is 0.784. The molecule has 3 aromatic rings. The predicted molar refractivity (Wildman–Crippen MR) is 91.3 cm³/mol. The van der Waals surface area contributed by atoms with E-state index in [1.54, 1.807) is 18.2 Å². The lowest BCUT2D eigenvalue weighted by atomic mass is 10.1. The van der Waals surface area contributed by atoms with Crippen molar-refractivity contribution < 1.29 is 9.18 Å². The third-order valence-corrected chi connectivity index (χ3v) is 3.85. The van der Waals surface area contributed by atoms with E-state index >= 15 is 0 Å². The molecule has 0 aliphatic rings. The molecule has 0 aliphatic heterocycles. The van der Waals surface area contributed by atoms with Gasteiger partial charge in [0.05, 0.1) is 5.52 Å². The van der Waals surface area contributed by atoms with Crippen molar-refractivity contribution >= 4 is 16.8 Å². The lowest BCUT2D eigenvalue weighted by molar-refractivity contribution is -0.121. The van der Waals surface area contributed by atoms with Gasteiger partial charge >= 0.3 is 0 Å². The Balaban J connectivity index is 1.64. The van der Waals surface area contributed by atoms with Crippen LogP contribution in [-0.2, 0) is 17.8 Å². The van der Waals surface area contributed by atoms with Crippen LogP contribution in [0.15, 0.2) is 65.5 Å². The van der Waals surface area contributed by atoms with Gasteiger partial charge in [-0.3, -0.25) is 14.2 Å². The summed E-state index contributed by atoms with van der Waals surface area (Å²) in [6.07, 6.45) is 0.608. The topological polar surface area (TPSA) is 51.1 Å². The minimum atomic E-state index is -0.280. The van der Waals surface area contributed by atoms with Crippen LogP contribution in [-0.4, -0.2) is 17.0 Å². The van der Waals surface area contributed by atoms with Crippen molar-refractivity contribution in [1.82, 2.24) is 9.88 Å². The summed E-state index contributed by atoms with van der Waals surface area (Å²) in [5, 5.41) is 3.71. The maximum absolute atomic E-state index is 12.8. The molecule has 1 heterocycles. The Bertz CT molecular complexity index is 917. The maximum atomic E-state index is 12.8. The molecule has 1 aromatic heterocycles. The molecule has 0 atom stereocenters. The Morgan fingerprint density at radius 2 is 1.75 bits per heavy atom. The average Bonchev–Trinajstić information content (AvgIpc) is 2.59. The molecule has 0 saturated carbocycles. The van der Waals surface area contributed by atoms with Crippen LogP contribution in [0.2, 0.25) is 0 Å². The van der Waals surface area contributed by atoms with Gasteiger partial charge in [0.2, 0.25) is 5.91 Å². The summed E-state index contributed by atoms with van der Waals surface area (Å²) in [4.78, 5) is 24.2. The number of para-hydroxylation sites is 1. The number of rotatable bonds is 5. The number of nitrogens with one attached hydrogen (secondary N) is 1. The molecule has 0 spiro atoms. The smallest absolute Gasteiger partial charge is 0.251 e. The van der Waals surface area contributed by atoms with Crippen LogP contribution in [0.5, 0.6) is 0 Å². The second-order valence-corrected chi connectivity index (χ2v) is 5.54. The summed E-state index contributed by atoms with van der Waals surface area (Å²) >= 11 is 0. The molecule has 0 unspecified atom stereocenters.